The molecule has 3 rings (SSSR count). The maximum Gasteiger partial charge on any atom is 0.242 e. The summed E-state index contributed by atoms with van der Waals surface area (Å²) < 4.78 is 5.77. The van der Waals surface area contributed by atoms with Crippen LogP contribution in [0.5, 0.6) is 5.88 Å². The monoisotopic (exact) mass is 325 g/mol. The molecule has 1 aromatic carbocycles. The normalized spacial score (nSPS) is 16.5. The van der Waals surface area contributed by atoms with Gasteiger partial charge >= 0.3 is 0 Å². The smallest absolute Gasteiger partial charge is 0.242 e. The predicted octanol–water partition coefficient (Wildman–Crippen LogP) is 1.56. The fraction of sp³-hybridized carbons (Fsp3) is 0.278. The number of amides is 2. The molecule has 0 spiro atoms. The maximum atomic E-state index is 12.1. The van der Waals surface area contributed by atoms with Crippen molar-refractivity contribution < 1.29 is 14.3 Å². The van der Waals surface area contributed by atoms with E-state index in [2.05, 4.69) is 15.6 Å². The summed E-state index contributed by atoms with van der Waals surface area (Å²) in [5.41, 5.74) is 1.85. The number of carbonyl (C=O) groups excluding carboxylic acids is 2. The first-order valence-corrected chi connectivity index (χ1v) is 7.90. The zero-order chi connectivity index (χ0) is 16.8. The van der Waals surface area contributed by atoms with Crippen LogP contribution >= 0.6 is 0 Å². The van der Waals surface area contributed by atoms with Crippen LogP contribution in [0, 0.1) is 0 Å². The van der Waals surface area contributed by atoms with Gasteiger partial charge in [0.25, 0.3) is 0 Å². The highest BCUT2D eigenvalue weighted by Crippen LogP contribution is 2.16. The lowest BCUT2D eigenvalue weighted by atomic mass is 10.2. The Hall–Kier alpha value is -2.89. The van der Waals surface area contributed by atoms with Crippen molar-refractivity contribution in [3.05, 3.63) is 59.8 Å². The van der Waals surface area contributed by atoms with Gasteiger partial charge in [-0.05, 0) is 18.1 Å². The summed E-state index contributed by atoms with van der Waals surface area (Å²) in [6, 6.07) is 13.0. The van der Waals surface area contributed by atoms with Gasteiger partial charge in [0.15, 0.2) is 0 Å². The van der Waals surface area contributed by atoms with E-state index < -0.39 is 6.04 Å². The van der Waals surface area contributed by atoms with Gasteiger partial charge in [0.2, 0.25) is 17.7 Å². The predicted molar refractivity (Wildman–Crippen MR) is 88.0 cm³/mol. The molecule has 0 bridgehead atoms. The quantitative estimate of drug-likeness (QED) is 0.844. The molecule has 1 saturated heterocycles. The molecule has 124 valence electrons. The summed E-state index contributed by atoms with van der Waals surface area (Å²) in [6.07, 6.45) is 2.59. The summed E-state index contributed by atoms with van der Waals surface area (Å²) in [4.78, 5) is 27.5. The fourth-order valence-corrected chi connectivity index (χ4v) is 2.53. The number of hydrogen-bond donors (Lipinski definition) is 2. The van der Waals surface area contributed by atoms with Crippen molar-refractivity contribution in [2.45, 2.75) is 32.0 Å². The Morgan fingerprint density at radius 3 is 2.83 bits per heavy atom. The van der Waals surface area contributed by atoms with Gasteiger partial charge in [-0.2, -0.15) is 0 Å². The second-order valence-corrected chi connectivity index (χ2v) is 5.62. The van der Waals surface area contributed by atoms with Gasteiger partial charge in [-0.3, -0.25) is 9.59 Å². The van der Waals surface area contributed by atoms with E-state index in [0.29, 0.717) is 31.9 Å². The Bertz CT molecular complexity index is 718. The molecule has 6 heteroatoms. The molecule has 24 heavy (non-hydrogen) atoms. The highest BCUT2D eigenvalue weighted by Gasteiger charge is 2.26. The molecule has 0 unspecified atom stereocenters. The van der Waals surface area contributed by atoms with Crippen molar-refractivity contribution in [1.82, 2.24) is 15.6 Å². The van der Waals surface area contributed by atoms with Crippen molar-refractivity contribution in [2.75, 3.05) is 0 Å². The van der Waals surface area contributed by atoms with Crippen LogP contribution < -0.4 is 15.4 Å². The Morgan fingerprint density at radius 1 is 1.25 bits per heavy atom. The van der Waals surface area contributed by atoms with E-state index in [1.165, 1.54) is 0 Å². The number of nitrogens with one attached hydrogen (secondary N) is 2. The second-order valence-electron chi connectivity index (χ2n) is 5.62. The van der Waals surface area contributed by atoms with Crippen LogP contribution in [-0.4, -0.2) is 22.8 Å². The number of aromatic nitrogens is 1. The van der Waals surface area contributed by atoms with Gasteiger partial charge in [0.05, 0.1) is 0 Å². The third-order valence-electron chi connectivity index (χ3n) is 3.83. The van der Waals surface area contributed by atoms with Gasteiger partial charge in [0.1, 0.15) is 12.6 Å². The second kappa shape index (κ2) is 7.59. The summed E-state index contributed by atoms with van der Waals surface area (Å²) in [5.74, 6) is 0.235. The fourth-order valence-electron chi connectivity index (χ4n) is 2.53. The molecular formula is C18H19N3O3. The number of ether oxygens (including phenoxy) is 1. The van der Waals surface area contributed by atoms with Crippen LogP contribution in [0.2, 0.25) is 0 Å². The number of hydrogen-bond acceptors (Lipinski definition) is 4. The summed E-state index contributed by atoms with van der Waals surface area (Å²) in [6.45, 7) is 0.723. The van der Waals surface area contributed by atoms with E-state index in [4.69, 9.17) is 4.74 Å². The third kappa shape index (κ3) is 4.10. The average Bonchev–Trinajstić information content (AvgIpc) is 3.06. The van der Waals surface area contributed by atoms with Gasteiger partial charge in [-0.1, -0.05) is 36.4 Å². The van der Waals surface area contributed by atoms with Crippen LogP contribution in [0.1, 0.15) is 24.0 Å². The Kier molecular flexibility index (Phi) is 5.05. The van der Waals surface area contributed by atoms with Gasteiger partial charge < -0.3 is 15.4 Å². The summed E-state index contributed by atoms with van der Waals surface area (Å²) in [7, 11) is 0. The molecule has 1 aliphatic rings. The first-order chi connectivity index (χ1) is 11.7. The molecular weight excluding hydrogens is 306 g/mol. The van der Waals surface area contributed by atoms with Gasteiger partial charge in [-0.25, -0.2) is 4.98 Å². The first kappa shape index (κ1) is 16.0. The van der Waals surface area contributed by atoms with Crippen LogP contribution in [-0.2, 0) is 22.7 Å². The van der Waals surface area contributed by atoms with E-state index in [0.717, 1.165) is 11.1 Å². The molecule has 0 aliphatic carbocycles. The van der Waals surface area contributed by atoms with E-state index in [-0.39, 0.29) is 11.8 Å². The molecule has 6 nitrogen and oxygen atoms in total. The summed E-state index contributed by atoms with van der Waals surface area (Å²) in [5, 5.41) is 5.48. The standard InChI is InChI=1S/C18H19N3O3/c22-16-9-8-15(21-16)17(23)20-11-14-7-4-10-19-18(14)24-12-13-5-2-1-3-6-13/h1-7,10,15H,8-9,11-12H2,(H,20,23)(H,21,22)/t15-/m1/s1. The van der Waals surface area contributed by atoms with E-state index in [9.17, 15) is 9.59 Å². The topological polar surface area (TPSA) is 80.3 Å². The average molecular weight is 325 g/mol. The van der Waals surface area contributed by atoms with Crippen molar-refractivity contribution in [2.24, 2.45) is 0 Å². The van der Waals surface area contributed by atoms with Crippen LogP contribution in [0.3, 0.4) is 0 Å². The number of carbonyl (C=O) groups is 2. The largest absolute Gasteiger partial charge is 0.473 e. The molecule has 1 fully saturated rings. The van der Waals surface area contributed by atoms with Crippen LogP contribution in [0.4, 0.5) is 0 Å². The molecule has 2 aromatic rings. The van der Waals surface area contributed by atoms with Gasteiger partial charge in [-0.15, -0.1) is 0 Å². The lowest BCUT2D eigenvalue weighted by Crippen LogP contribution is -2.41. The lowest BCUT2D eigenvalue weighted by molar-refractivity contribution is -0.125. The molecule has 2 N–H and O–H groups in total. The van der Waals surface area contributed by atoms with Gasteiger partial charge in [0, 0.05) is 24.7 Å². The maximum absolute atomic E-state index is 12.1. The zero-order valence-electron chi connectivity index (χ0n) is 13.2. The molecule has 0 radical (unpaired) electrons. The number of benzene rings is 1. The highest BCUT2D eigenvalue weighted by molar-refractivity contribution is 5.90. The summed E-state index contributed by atoms with van der Waals surface area (Å²) >= 11 is 0. The third-order valence-corrected chi connectivity index (χ3v) is 3.83. The van der Waals surface area contributed by atoms with Crippen LogP contribution in [0.25, 0.3) is 0 Å². The Labute approximate surface area is 140 Å². The van der Waals surface area contributed by atoms with Crippen molar-refractivity contribution >= 4 is 11.8 Å². The molecule has 1 atom stereocenters. The number of nitrogens with zero attached hydrogens (tertiary/aromatic N) is 1. The van der Waals surface area contributed by atoms with Crippen LogP contribution in [0.15, 0.2) is 48.7 Å². The molecule has 1 aliphatic heterocycles. The van der Waals surface area contributed by atoms with E-state index in [1.54, 1.807) is 12.3 Å². The minimum atomic E-state index is -0.442. The highest BCUT2D eigenvalue weighted by atomic mass is 16.5. The minimum Gasteiger partial charge on any atom is -0.473 e. The molecule has 0 saturated carbocycles. The van der Waals surface area contributed by atoms with Crippen molar-refractivity contribution in [3.8, 4) is 5.88 Å². The zero-order valence-corrected chi connectivity index (χ0v) is 13.2. The first-order valence-electron chi connectivity index (χ1n) is 7.90. The lowest BCUT2D eigenvalue weighted by Gasteiger charge is -2.13. The van der Waals surface area contributed by atoms with Crippen molar-refractivity contribution in [1.29, 1.82) is 0 Å². The number of pyridine rings is 1. The Morgan fingerprint density at radius 2 is 2.08 bits per heavy atom. The molecule has 2 amide bonds. The minimum absolute atomic E-state index is 0.0802. The van der Waals surface area contributed by atoms with E-state index in [1.807, 2.05) is 36.4 Å². The molecule has 2 heterocycles. The number of rotatable bonds is 6. The molecule has 1 aromatic heterocycles. The Balaban J connectivity index is 1.57. The van der Waals surface area contributed by atoms with E-state index >= 15 is 0 Å². The van der Waals surface area contributed by atoms with Crippen molar-refractivity contribution in [3.63, 3.8) is 0 Å². The SMILES string of the molecule is O=C1CC[C@H](C(=O)NCc2cccnc2OCc2ccccc2)N1.